The van der Waals surface area contributed by atoms with E-state index in [4.69, 9.17) is 0 Å². The van der Waals surface area contributed by atoms with Gasteiger partial charge in [-0.3, -0.25) is 4.79 Å². The van der Waals surface area contributed by atoms with Crippen LogP contribution in [0.15, 0.2) is 30.5 Å². The molecule has 2 aromatic rings. The second-order valence-electron chi connectivity index (χ2n) is 5.53. The largest absolute Gasteiger partial charge is 0.353 e. The summed E-state index contributed by atoms with van der Waals surface area (Å²) in [6.07, 6.45) is 3.02. The summed E-state index contributed by atoms with van der Waals surface area (Å²) in [5.41, 5.74) is 0.652. The van der Waals surface area contributed by atoms with Gasteiger partial charge in [-0.15, -0.1) is 5.10 Å². The molecule has 0 aliphatic carbocycles. The molecule has 0 atom stereocenters. The number of nitrogens with zero attached hydrogens (tertiary/aromatic N) is 5. The third kappa shape index (κ3) is 3.95. The van der Waals surface area contributed by atoms with Crippen molar-refractivity contribution < 1.29 is 9.18 Å². The predicted octanol–water partition coefficient (Wildman–Crippen LogP) is 0.944. The molecule has 1 aliphatic rings. The van der Waals surface area contributed by atoms with E-state index in [0.717, 1.165) is 12.2 Å². The van der Waals surface area contributed by atoms with E-state index in [1.54, 1.807) is 23.2 Å². The van der Waals surface area contributed by atoms with Crippen LogP contribution in [-0.2, 0) is 11.2 Å². The van der Waals surface area contributed by atoms with Crippen molar-refractivity contribution in [2.45, 2.75) is 6.42 Å². The zero-order valence-electron chi connectivity index (χ0n) is 13.2. The van der Waals surface area contributed by atoms with Crippen LogP contribution >= 0.6 is 0 Å². The molecule has 126 valence electrons. The number of rotatable bonds is 6. The van der Waals surface area contributed by atoms with E-state index >= 15 is 0 Å². The molecule has 1 aromatic heterocycles. The number of hydrogen-bond donors (Lipinski definition) is 1. The molecule has 0 radical (unpaired) electrons. The molecule has 0 saturated carbocycles. The van der Waals surface area contributed by atoms with E-state index < -0.39 is 0 Å². The molecule has 1 saturated heterocycles. The number of anilines is 2. The Morgan fingerprint density at radius 1 is 1.21 bits per heavy atom. The van der Waals surface area contributed by atoms with Crippen LogP contribution in [0.5, 0.6) is 0 Å². The van der Waals surface area contributed by atoms with E-state index in [-0.39, 0.29) is 5.82 Å². The molecule has 2 heterocycles. The van der Waals surface area contributed by atoms with Gasteiger partial charge in [0.25, 0.3) is 0 Å². The van der Waals surface area contributed by atoms with Crippen molar-refractivity contribution in [2.24, 2.45) is 0 Å². The van der Waals surface area contributed by atoms with Crippen LogP contribution in [0, 0.1) is 5.82 Å². The van der Waals surface area contributed by atoms with Gasteiger partial charge < -0.3 is 15.1 Å². The molecule has 1 aromatic carbocycles. The van der Waals surface area contributed by atoms with E-state index in [9.17, 15) is 9.18 Å². The Labute approximate surface area is 139 Å². The Morgan fingerprint density at radius 3 is 2.75 bits per heavy atom. The van der Waals surface area contributed by atoms with Gasteiger partial charge in [0, 0.05) is 32.7 Å². The summed E-state index contributed by atoms with van der Waals surface area (Å²) in [6.45, 7) is 3.29. The summed E-state index contributed by atoms with van der Waals surface area (Å²) < 4.78 is 13.6. The number of aromatic nitrogens is 3. The topological polar surface area (TPSA) is 74.2 Å². The lowest BCUT2D eigenvalue weighted by Gasteiger charge is -2.33. The second kappa shape index (κ2) is 7.67. The molecule has 0 bridgehead atoms. The number of amides is 1. The number of halogens is 1. The van der Waals surface area contributed by atoms with Crippen LogP contribution in [0.2, 0.25) is 0 Å². The normalized spacial score (nSPS) is 14.5. The first-order chi connectivity index (χ1) is 11.8. The van der Waals surface area contributed by atoms with Crippen molar-refractivity contribution >= 4 is 18.2 Å². The highest BCUT2D eigenvalue weighted by Gasteiger charge is 2.17. The van der Waals surface area contributed by atoms with E-state index in [1.165, 1.54) is 6.07 Å². The van der Waals surface area contributed by atoms with Crippen molar-refractivity contribution in [3.8, 4) is 0 Å². The molecule has 24 heavy (non-hydrogen) atoms. The zero-order valence-corrected chi connectivity index (χ0v) is 13.2. The van der Waals surface area contributed by atoms with Crippen molar-refractivity contribution in [1.29, 1.82) is 0 Å². The van der Waals surface area contributed by atoms with Gasteiger partial charge in [-0.2, -0.15) is 10.1 Å². The summed E-state index contributed by atoms with van der Waals surface area (Å²) in [6, 6.07) is 6.70. The Bertz CT molecular complexity index is 690. The fourth-order valence-electron chi connectivity index (χ4n) is 2.59. The van der Waals surface area contributed by atoms with Crippen molar-refractivity contribution in [3.63, 3.8) is 0 Å². The molecule has 1 aliphatic heterocycles. The molecule has 1 fully saturated rings. The van der Waals surface area contributed by atoms with E-state index in [2.05, 4.69) is 25.4 Å². The monoisotopic (exact) mass is 330 g/mol. The maximum absolute atomic E-state index is 13.6. The maximum Gasteiger partial charge on any atom is 0.244 e. The number of benzene rings is 1. The Balaban J connectivity index is 1.56. The van der Waals surface area contributed by atoms with Crippen LogP contribution in [0.1, 0.15) is 5.56 Å². The third-order valence-corrected chi connectivity index (χ3v) is 3.97. The number of nitrogens with one attached hydrogen (secondary N) is 1. The van der Waals surface area contributed by atoms with Gasteiger partial charge in [-0.05, 0) is 18.1 Å². The minimum absolute atomic E-state index is 0.208. The Kier molecular flexibility index (Phi) is 5.15. The smallest absolute Gasteiger partial charge is 0.244 e. The van der Waals surface area contributed by atoms with Gasteiger partial charge in [-0.25, -0.2) is 4.39 Å². The van der Waals surface area contributed by atoms with Gasteiger partial charge >= 0.3 is 0 Å². The first-order valence-electron chi connectivity index (χ1n) is 7.87. The average molecular weight is 330 g/mol. The first-order valence-corrected chi connectivity index (χ1v) is 7.87. The second-order valence-corrected chi connectivity index (χ2v) is 5.53. The van der Waals surface area contributed by atoms with Crippen LogP contribution in [0.3, 0.4) is 0 Å². The fourth-order valence-corrected chi connectivity index (χ4v) is 2.59. The van der Waals surface area contributed by atoms with Crippen molar-refractivity contribution in [3.05, 3.63) is 41.8 Å². The number of hydrogen-bond acceptors (Lipinski definition) is 6. The average Bonchev–Trinajstić information content (AvgIpc) is 2.64. The minimum Gasteiger partial charge on any atom is -0.353 e. The molecule has 1 amide bonds. The molecule has 0 spiro atoms. The molecule has 3 rings (SSSR count). The minimum atomic E-state index is -0.208. The lowest BCUT2D eigenvalue weighted by Crippen LogP contribution is -2.46. The first kappa shape index (κ1) is 16.1. The highest BCUT2D eigenvalue weighted by atomic mass is 19.1. The van der Waals surface area contributed by atoms with Gasteiger partial charge in [0.2, 0.25) is 12.4 Å². The number of carbonyl (C=O) groups is 1. The van der Waals surface area contributed by atoms with Crippen LogP contribution in [0.25, 0.3) is 0 Å². The molecule has 8 heteroatoms. The van der Waals surface area contributed by atoms with E-state index in [1.807, 2.05) is 6.07 Å². The predicted molar refractivity (Wildman–Crippen MR) is 88.3 cm³/mol. The number of carbonyl (C=O) groups excluding carboxylic acids is 1. The lowest BCUT2D eigenvalue weighted by atomic mass is 10.1. The van der Waals surface area contributed by atoms with Crippen LogP contribution in [0.4, 0.5) is 16.2 Å². The van der Waals surface area contributed by atoms with Crippen molar-refractivity contribution in [2.75, 3.05) is 42.9 Å². The Morgan fingerprint density at radius 2 is 2.00 bits per heavy atom. The highest BCUT2D eigenvalue weighted by molar-refractivity contribution is 5.49. The molecular formula is C16H19FN6O. The van der Waals surface area contributed by atoms with Crippen LogP contribution in [-0.4, -0.2) is 59.2 Å². The summed E-state index contributed by atoms with van der Waals surface area (Å²) >= 11 is 0. The molecule has 0 unspecified atom stereocenters. The maximum atomic E-state index is 13.6. The lowest BCUT2D eigenvalue weighted by molar-refractivity contribution is -0.118. The summed E-state index contributed by atoms with van der Waals surface area (Å²) in [5, 5.41) is 11.0. The van der Waals surface area contributed by atoms with Gasteiger partial charge in [0.15, 0.2) is 5.82 Å². The Hall–Kier alpha value is -2.77. The standard InChI is InChI=1S/C16H19FN6O/c17-14-4-2-1-3-13(14)5-6-18-16-20-15(11-19-21-16)23-9-7-22(12-24)8-10-23/h1-4,11-12H,5-10H2,(H,18,20,21). The SMILES string of the molecule is O=CN1CCN(c2cnnc(NCCc3ccccc3F)n2)CC1. The molecule has 7 nitrogen and oxygen atoms in total. The summed E-state index contributed by atoms with van der Waals surface area (Å²) in [7, 11) is 0. The van der Waals surface area contributed by atoms with Crippen LogP contribution < -0.4 is 10.2 Å². The quantitative estimate of drug-likeness (QED) is 0.795. The van der Waals surface area contributed by atoms with Gasteiger partial charge in [0.1, 0.15) is 5.82 Å². The van der Waals surface area contributed by atoms with Crippen molar-refractivity contribution in [1.82, 2.24) is 20.1 Å². The number of piperazine rings is 1. The summed E-state index contributed by atoms with van der Waals surface area (Å²) in [4.78, 5) is 19.0. The fraction of sp³-hybridized carbons (Fsp3) is 0.375. The highest BCUT2D eigenvalue weighted by Crippen LogP contribution is 2.13. The zero-order chi connectivity index (χ0) is 16.8. The molecule has 1 N–H and O–H groups in total. The van der Waals surface area contributed by atoms with E-state index in [0.29, 0.717) is 50.7 Å². The van der Waals surface area contributed by atoms with Gasteiger partial charge in [0.05, 0.1) is 6.20 Å². The van der Waals surface area contributed by atoms with Gasteiger partial charge in [-0.1, -0.05) is 18.2 Å². The third-order valence-electron chi connectivity index (χ3n) is 3.97. The summed E-state index contributed by atoms with van der Waals surface area (Å²) in [5.74, 6) is 0.936. The molecular weight excluding hydrogens is 311 g/mol.